The maximum atomic E-state index is 6.01. The molecule has 0 amide bonds. The minimum absolute atomic E-state index is 0.594. The van der Waals surface area contributed by atoms with E-state index >= 15 is 0 Å². The van der Waals surface area contributed by atoms with E-state index in [4.69, 9.17) is 21.3 Å². The molecule has 0 aliphatic rings. The van der Waals surface area contributed by atoms with Crippen LogP contribution in [0, 0.1) is 6.92 Å². The lowest BCUT2D eigenvalue weighted by atomic mass is 10.1. The molecule has 4 aromatic rings. The van der Waals surface area contributed by atoms with Gasteiger partial charge in [-0.05, 0) is 48.9 Å². The molecule has 3 nitrogen and oxygen atoms in total. The second-order valence-corrected chi connectivity index (χ2v) is 7.07. The Balaban J connectivity index is 1.56. The normalized spacial score (nSPS) is 11.0. The van der Waals surface area contributed by atoms with Gasteiger partial charge in [-0.15, -0.1) is 0 Å². The largest absolute Gasteiger partial charge is 0.492 e. The zero-order chi connectivity index (χ0) is 18.6. The minimum Gasteiger partial charge on any atom is -0.492 e. The summed E-state index contributed by atoms with van der Waals surface area (Å²) >= 11 is 6.01. The number of hydrogen-bond donors (Lipinski definition) is 0. The van der Waals surface area contributed by atoms with Gasteiger partial charge in [0.1, 0.15) is 18.2 Å². The standard InChI is InChI=1S/C23H21ClN2O/c1-17-6-12-20(13-7-17)27-15-14-26-22-5-3-2-4-21(22)25-23(26)16-18-8-10-19(24)11-9-18/h2-13H,14-16H2,1H3. The van der Waals surface area contributed by atoms with Crippen LogP contribution in [-0.4, -0.2) is 16.2 Å². The predicted octanol–water partition coefficient (Wildman–Crippen LogP) is 5.67. The third-order valence-corrected chi connectivity index (χ3v) is 4.87. The molecule has 0 saturated carbocycles. The molecule has 0 atom stereocenters. The van der Waals surface area contributed by atoms with Gasteiger partial charge in [-0.2, -0.15) is 0 Å². The van der Waals surface area contributed by atoms with Gasteiger partial charge < -0.3 is 9.30 Å². The Morgan fingerprint density at radius 1 is 0.926 bits per heavy atom. The summed E-state index contributed by atoms with van der Waals surface area (Å²) in [6.07, 6.45) is 0.760. The molecule has 0 spiro atoms. The van der Waals surface area contributed by atoms with Gasteiger partial charge in [-0.25, -0.2) is 4.98 Å². The second kappa shape index (κ2) is 7.85. The first-order valence-corrected chi connectivity index (χ1v) is 9.45. The van der Waals surface area contributed by atoms with Crippen LogP contribution in [0.1, 0.15) is 17.0 Å². The average Bonchev–Trinajstić information content (AvgIpc) is 3.02. The van der Waals surface area contributed by atoms with Crippen molar-refractivity contribution in [2.24, 2.45) is 0 Å². The van der Waals surface area contributed by atoms with Crippen LogP contribution in [0.2, 0.25) is 5.02 Å². The number of ether oxygens (including phenoxy) is 1. The van der Waals surface area contributed by atoms with Crippen molar-refractivity contribution in [3.63, 3.8) is 0 Å². The highest BCUT2D eigenvalue weighted by Crippen LogP contribution is 2.20. The summed E-state index contributed by atoms with van der Waals surface area (Å²) in [6, 6.07) is 24.3. The summed E-state index contributed by atoms with van der Waals surface area (Å²) < 4.78 is 8.19. The molecule has 4 rings (SSSR count). The van der Waals surface area contributed by atoms with E-state index in [1.165, 1.54) is 11.1 Å². The number of benzene rings is 3. The lowest BCUT2D eigenvalue weighted by Gasteiger charge is -2.11. The molecule has 0 bridgehead atoms. The van der Waals surface area contributed by atoms with Gasteiger partial charge in [-0.3, -0.25) is 0 Å². The number of para-hydroxylation sites is 2. The Kier molecular flexibility index (Phi) is 5.12. The van der Waals surface area contributed by atoms with Crippen LogP contribution in [0.25, 0.3) is 11.0 Å². The van der Waals surface area contributed by atoms with Crippen LogP contribution in [0.5, 0.6) is 5.75 Å². The molecular formula is C23H21ClN2O. The molecule has 0 aliphatic carbocycles. The monoisotopic (exact) mass is 376 g/mol. The highest BCUT2D eigenvalue weighted by molar-refractivity contribution is 6.30. The molecule has 0 saturated heterocycles. The summed E-state index contributed by atoms with van der Waals surface area (Å²) in [4.78, 5) is 4.84. The fraction of sp³-hybridized carbons (Fsp3) is 0.174. The third-order valence-electron chi connectivity index (χ3n) is 4.61. The number of rotatable bonds is 6. The molecule has 0 unspecified atom stereocenters. The van der Waals surface area contributed by atoms with E-state index in [1.54, 1.807) is 0 Å². The molecular weight excluding hydrogens is 356 g/mol. The number of aromatic nitrogens is 2. The van der Waals surface area contributed by atoms with E-state index in [2.05, 4.69) is 47.9 Å². The zero-order valence-electron chi connectivity index (χ0n) is 15.2. The topological polar surface area (TPSA) is 27.1 Å². The van der Waals surface area contributed by atoms with Crippen molar-refractivity contribution in [1.82, 2.24) is 9.55 Å². The second-order valence-electron chi connectivity index (χ2n) is 6.63. The first-order chi connectivity index (χ1) is 13.2. The highest BCUT2D eigenvalue weighted by Gasteiger charge is 2.11. The van der Waals surface area contributed by atoms with Gasteiger partial charge in [0.05, 0.1) is 17.6 Å². The Morgan fingerprint density at radius 2 is 1.67 bits per heavy atom. The van der Waals surface area contributed by atoms with E-state index in [1.807, 2.05) is 36.4 Å². The van der Waals surface area contributed by atoms with Crippen molar-refractivity contribution >= 4 is 22.6 Å². The summed E-state index contributed by atoms with van der Waals surface area (Å²) in [5.74, 6) is 1.93. The van der Waals surface area contributed by atoms with Gasteiger partial charge in [0.15, 0.2) is 0 Å². The van der Waals surface area contributed by atoms with Gasteiger partial charge in [0.2, 0.25) is 0 Å². The van der Waals surface area contributed by atoms with Gasteiger partial charge in [0.25, 0.3) is 0 Å². The van der Waals surface area contributed by atoms with Gasteiger partial charge in [-0.1, -0.05) is 53.6 Å². The molecule has 3 aromatic carbocycles. The molecule has 0 fully saturated rings. The Labute approximate surface area is 164 Å². The van der Waals surface area contributed by atoms with Gasteiger partial charge >= 0.3 is 0 Å². The van der Waals surface area contributed by atoms with Crippen LogP contribution < -0.4 is 4.74 Å². The highest BCUT2D eigenvalue weighted by atomic mass is 35.5. The number of nitrogens with zero attached hydrogens (tertiary/aromatic N) is 2. The number of fused-ring (bicyclic) bond motifs is 1. The summed E-state index contributed by atoms with van der Waals surface area (Å²) in [5.41, 5.74) is 4.56. The molecule has 4 heteroatoms. The van der Waals surface area contributed by atoms with Crippen molar-refractivity contribution in [3.05, 3.63) is 94.8 Å². The summed E-state index contributed by atoms with van der Waals surface area (Å²) in [5, 5.41) is 0.749. The minimum atomic E-state index is 0.594. The van der Waals surface area contributed by atoms with Crippen LogP contribution in [0.3, 0.4) is 0 Å². The van der Waals surface area contributed by atoms with Crippen molar-refractivity contribution in [3.8, 4) is 5.75 Å². The van der Waals surface area contributed by atoms with Crippen molar-refractivity contribution < 1.29 is 4.74 Å². The predicted molar refractivity (Wildman–Crippen MR) is 111 cm³/mol. The van der Waals surface area contributed by atoms with Crippen molar-refractivity contribution in [2.45, 2.75) is 19.9 Å². The quantitative estimate of drug-likeness (QED) is 0.433. The number of aryl methyl sites for hydroxylation is 1. The van der Waals surface area contributed by atoms with E-state index in [0.29, 0.717) is 6.61 Å². The Hall–Kier alpha value is -2.78. The fourth-order valence-electron chi connectivity index (χ4n) is 3.18. The SMILES string of the molecule is Cc1ccc(OCCn2c(Cc3ccc(Cl)cc3)nc3ccccc32)cc1. The summed E-state index contributed by atoms with van der Waals surface area (Å²) in [7, 11) is 0. The molecule has 0 radical (unpaired) electrons. The van der Waals surface area contributed by atoms with E-state index in [9.17, 15) is 0 Å². The van der Waals surface area contributed by atoms with Crippen LogP contribution in [0.15, 0.2) is 72.8 Å². The van der Waals surface area contributed by atoms with E-state index < -0.39 is 0 Å². The van der Waals surface area contributed by atoms with Crippen LogP contribution in [0.4, 0.5) is 0 Å². The molecule has 1 heterocycles. The smallest absolute Gasteiger partial charge is 0.119 e. The molecule has 0 aliphatic heterocycles. The maximum absolute atomic E-state index is 6.01. The number of hydrogen-bond acceptors (Lipinski definition) is 2. The fourth-order valence-corrected chi connectivity index (χ4v) is 3.31. The molecule has 1 aromatic heterocycles. The first kappa shape index (κ1) is 17.6. The first-order valence-electron chi connectivity index (χ1n) is 9.07. The third kappa shape index (κ3) is 4.15. The number of imidazole rings is 1. The Bertz CT molecular complexity index is 1040. The molecule has 0 N–H and O–H groups in total. The maximum Gasteiger partial charge on any atom is 0.119 e. The van der Waals surface area contributed by atoms with Crippen LogP contribution in [-0.2, 0) is 13.0 Å². The number of halogens is 1. The van der Waals surface area contributed by atoms with Crippen molar-refractivity contribution in [2.75, 3.05) is 6.61 Å². The average molecular weight is 377 g/mol. The lowest BCUT2D eigenvalue weighted by molar-refractivity contribution is 0.298. The molecule has 27 heavy (non-hydrogen) atoms. The van der Waals surface area contributed by atoms with Crippen LogP contribution >= 0.6 is 11.6 Å². The molecule has 136 valence electrons. The van der Waals surface area contributed by atoms with Crippen molar-refractivity contribution in [1.29, 1.82) is 0 Å². The van der Waals surface area contributed by atoms with E-state index in [-0.39, 0.29) is 0 Å². The van der Waals surface area contributed by atoms with Gasteiger partial charge in [0, 0.05) is 11.4 Å². The lowest BCUT2D eigenvalue weighted by Crippen LogP contribution is -2.11. The zero-order valence-corrected chi connectivity index (χ0v) is 16.0. The Morgan fingerprint density at radius 3 is 2.44 bits per heavy atom. The van der Waals surface area contributed by atoms with E-state index in [0.717, 1.165) is 40.6 Å². The summed E-state index contributed by atoms with van der Waals surface area (Å²) in [6.45, 7) is 3.42.